The molecule has 92 valence electrons. The molecule has 0 fully saturated rings. The van der Waals surface area contributed by atoms with E-state index in [2.05, 4.69) is 0 Å². The third kappa shape index (κ3) is 2.10. The molecule has 0 amide bonds. The van der Waals surface area contributed by atoms with Crippen LogP contribution < -0.4 is 0 Å². The molecule has 0 bridgehead atoms. The maximum absolute atomic E-state index is 10.3. The van der Waals surface area contributed by atoms with Gasteiger partial charge in [0.2, 0.25) is 0 Å². The highest BCUT2D eigenvalue weighted by molar-refractivity contribution is 5.77. The molecule has 0 spiro atoms. The van der Waals surface area contributed by atoms with Crippen LogP contribution in [-0.2, 0) is 0 Å². The van der Waals surface area contributed by atoms with Crippen LogP contribution >= 0.6 is 0 Å². The minimum atomic E-state index is -0.819. The molecule has 0 aliphatic rings. The van der Waals surface area contributed by atoms with Crippen LogP contribution in [0.3, 0.4) is 0 Å². The van der Waals surface area contributed by atoms with Crippen molar-refractivity contribution in [2.75, 3.05) is 0 Å². The number of aliphatic hydroxyl groups excluding tert-OH is 1. The highest BCUT2D eigenvalue weighted by Crippen LogP contribution is 2.28. The second-order valence-electron chi connectivity index (χ2n) is 4.32. The minimum Gasteiger partial charge on any atom is -0.458 e. The van der Waals surface area contributed by atoms with Gasteiger partial charge in [-0.15, -0.1) is 0 Å². The topological polar surface area (TPSA) is 57.2 Å². The van der Waals surface area contributed by atoms with Crippen molar-refractivity contribution in [2.24, 2.45) is 0 Å². The molecule has 0 saturated heterocycles. The summed E-state index contributed by atoms with van der Waals surface area (Å²) in [6.45, 7) is 0. The maximum Gasteiger partial charge on any atom is 0.138 e. The van der Waals surface area contributed by atoms with Crippen molar-refractivity contribution in [1.82, 2.24) is 0 Å². The van der Waals surface area contributed by atoms with Crippen LogP contribution in [0.4, 0.5) is 0 Å². The molecule has 1 unspecified atom stereocenters. The molecule has 0 aliphatic heterocycles. The molecule has 1 N–H and O–H groups in total. The maximum atomic E-state index is 10.3. The SMILES string of the molecule is N#Cc1ccc(C(O)c2cc3ccccc3o2)cc1. The molecule has 3 aromatic rings. The molecular formula is C16H11NO2. The summed E-state index contributed by atoms with van der Waals surface area (Å²) in [6.07, 6.45) is -0.819. The average molecular weight is 249 g/mol. The Morgan fingerprint density at radius 1 is 1.05 bits per heavy atom. The van der Waals surface area contributed by atoms with E-state index in [0.29, 0.717) is 16.9 Å². The van der Waals surface area contributed by atoms with Crippen molar-refractivity contribution in [2.45, 2.75) is 6.10 Å². The van der Waals surface area contributed by atoms with Crippen LogP contribution in [-0.4, -0.2) is 5.11 Å². The van der Waals surface area contributed by atoms with Crippen molar-refractivity contribution >= 4 is 11.0 Å². The predicted octanol–water partition coefficient (Wildman–Crippen LogP) is 3.39. The molecular weight excluding hydrogens is 238 g/mol. The van der Waals surface area contributed by atoms with E-state index < -0.39 is 6.10 Å². The van der Waals surface area contributed by atoms with Crippen molar-refractivity contribution < 1.29 is 9.52 Å². The van der Waals surface area contributed by atoms with Gasteiger partial charge in [-0.25, -0.2) is 0 Å². The lowest BCUT2D eigenvalue weighted by atomic mass is 10.1. The fourth-order valence-electron chi connectivity index (χ4n) is 2.04. The summed E-state index contributed by atoms with van der Waals surface area (Å²) in [7, 11) is 0. The molecule has 3 rings (SSSR count). The first kappa shape index (κ1) is 11.5. The van der Waals surface area contributed by atoms with Gasteiger partial charge in [0.25, 0.3) is 0 Å². The quantitative estimate of drug-likeness (QED) is 0.757. The number of nitrogens with zero attached hydrogens (tertiary/aromatic N) is 1. The van der Waals surface area contributed by atoms with Crippen molar-refractivity contribution in [3.8, 4) is 6.07 Å². The summed E-state index contributed by atoms with van der Waals surface area (Å²) < 4.78 is 5.63. The van der Waals surface area contributed by atoms with E-state index in [1.165, 1.54) is 0 Å². The number of para-hydroxylation sites is 1. The van der Waals surface area contributed by atoms with Crippen LogP contribution in [0.1, 0.15) is 23.0 Å². The average Bonchev–Trinajstić information content (AvgIpc) is 2.90. The Morgan fingerprint density at radius 3 is 2.47 bits per heavy atom. The van der Waals surface area contributed by atoms with Crippen LogP contribution in [0.2, 0.25) is 0 Å². The van der Waals surface area contributed by atoms with E-state index in [4.69, 9.17) is 9.68 Å². The van der Waals surface area contributed by atoms with E-state index in [1.807, 2.05) is 36.4 Å². The fourth-order valence-corrected chi connectivity index (χ4v) is 2.04. The van der Waals surface area contributed by atoms with Crippen molar-refractivity contribution in [3.63, 3.8) is 0 Å². The van der Waals surface area contributed by atoms with Gasteiger partial charge < -0.3 is 9.52 Å². The van der Waals surface area contributed by atoms with Gasteiger partial charge >= 0.3 is 0 Å². The van der Waals surface area contributed by atoms with Gasteiger partial charge in [0.1, 0.15) is 17.4 Å². The van der Waals surface area contributed by atoms with Crippen LogP contribution in [0.25, 0.3) is 11.0 Å². The lowest BCUT2D eigenvalue weighted by Gasteiger charge is -2.07. The highest BCUT2D eigenvalue weighted by atomic mass is 16.4. The number of furan rings is 1. The Hall–Kier alpha value is -2.57. The van der Waals surface area contributed by atoms with Gasteiger partial charge in [0.15, 0.2) is 0 Å². The molecule has 3 heteroatoms. The van der Waals surface area contributed by atoms with E-state index in [9.17, 15) is 5.11 Å². The smallest absolute Gasteiger partial charge is 0.138 e. The molecule has 0 saturated carbocycles. The monoisotopic (exact) mass is 249 g/mol. The van der Waals surface area contributed by atoms with Crippen molar-refractivity contribution in [3.05, 3.63) is 71.5 Å². The largest absolute Gasteiger partial charge is 0.458 e. The Bertz CT molecular complexity index is 717. The Morgan fingerprint density at radius 2 is 1.79 bits per heavy atom. The molecule has 19 heavy (non-hydrogen) atoms. The number of hydrogen-bond acceptors (Lipinski definition) is 3. The number of hydrogen-bond donors (Lipinski definition) is 1. The number of aliphatic hydroxyl groups is 1. The van der Waals surface area contributed by atoms with E-state index in [-0.39, 0.29) is 0 Å². The van der Waals surface area contributed by atoms with Gasteiger partial charge in [-0.2, -0.15) is 5.26 Å². The van der Waals surface area contributed by atoms with Crippen molar-refractivity contribution in [1.29, 1.82) is 5.26 Å². The van der Waals surface area contributed by atoms with Crippen LogP contribution in [0.15, 0.2) is 59.0 Å². The third-order valence-corrected chi connectivity index (χ3v) is 3.07. The number of fused-ring (bicyclic) bond motifs is 1. The van der Waals surface area contributed by atoms with Gasteiger partial charge in [-0.05, 0) is 29.8 Å². The van der Waals surface area contributed by atoms with E-state index >= 15 is 0 Å². The fraction of sp³-hybridized carbons (Fsp3) is 0.0625. The first-order valence-electron chi connectivity index (χ1n) is 5.94. The standard InChI is InChI=1S/C16H11NO2/c17-10-11-5-7-12(8-6-11)16(18)15-9-13-3-1-2-4-14(13)19-15/h1-9,16,18H. The van der Waals surface area contributed by atoms with E-state index in [0.717, 1.165) is 11.0 Å². The molecule has 1 aromatic heterocycles. The first-order valence-corrected chi connectivity index (χ1v) is 5.94. The zero-order valence-electron chi connectivity index (χ0n) is 10.1. The second-order valence-corrected chi connectivity index (χ2v) is 4.32. The molecule has 3 nitrogen and oxygen atoms in total. The van der Waals surface area contributed by atoms with Crippen LogP contribution in [0, 0.1) is 11.3 Å². The number of rotatable bonds is 2. The lowest BCUT2D eigenvalue weighted by Crippen LogP contribution is -1.97. The van der Waals surface area contributed by atoms with Gasteiger partial charge in [-0.3, -0.25) is 0 Å². The third-order valence-electron chi connectivity index (χ3n) is 3.07. The second kappa shape index (κ2) is 4.60. The lowest BCUT2D eigenvalue weighted by molar-refractivity contribution is 0.192. The van der Waals surface area contributed by atoms with Crippen LogP contribution in [0.5, 0.6) is 0 Å². The predicted molar refractivity (Wildman–Crippen MR) is 71.4 cm³/mol. The first-order chi connectivity index (χ1) is 9.28. The van der Waals surface area contributed by atoms with Gasteiger partial charge in [0, 0.05) is 5.39 Å². The Kier molecular flexibility index (Phi) is 2.79. The zero-order chi connectivity index (χ0) is 13.2. The summed E-state index contributed by atoms with van der Waals surface area (Å²) in [4.78, 5) is 0. The molecule has 0 radical (unpaired) electrons. The molecule has 2 aromatic carbocycles. The van der Waals surface area contributed by atoms with Gasteiger partial charge in [0.05, 0.1) is 11.6 Å². The summed E-state index contributed by atoms with van der Waals surface area (Å²) in [5.74, 6) is 0.505. The number of nitriles is 1. The minimum absolute atomic E-state index is 0.505. The Labute approximate surface area is 110 Å². The molecule has 0 aliphatic carbocycles. The highest BCUT2D eigenvalue weighted by Gasteiger charge is 2.15. The summed E-state index contributed by atoms with van der Waals surface area (Å²) >= 11 is 0. The summed E-state index contributed by atoms with van der Waals surface area (Å²) in [6, 6.07) is 18.3. The Balaban J connectivity index is 1.98. The molecule has 1 atom stereocenters. The summed E-state index contributed by atoms with van der Waals surface area (Å²) in [5.41, 5.74) is 2.03. The summed E-state index contributed by atoms with van der Waals surface area (Å²) in [5, 5.41) is 20.0. The zero-order valence-corrected chi connectivity index (χ0v) is 10.1. The number of benzene rings is 2. The molecule has 1 heterocycles. The van der Waals surface area contributed by atoms with Gasteiger partial charge in [-0.1, -0.05) is 30.3 Å². The normalized spacial score (nSPS) is 12.2. The van der Waals surface area contributed by atoms with E-state index in [1.54, 1.807) is 24.3 Å².